The van der Waals surface area contributed by atoms with Crippen LogP contribution >= 0.6 is 22.7 Å². The molecule has 4 heterocycles. The van der Waals surface area contributed by atoms with Crippen molar-refractivity contribution in [1.82, 2.24) is 4.57 Å². The van der Waals surface area contributed by atoms with Crippen LogP contribution in [0.25, 0.3) is 85.8 Å². The van der Waals surface area contributed by atoms with Crippen LogP contribution in [0, 0.1) is 0 Å². The van der Waals surface area contributed by atoms with Gasteiger partial charge in [-0.1, -0.05) is 133 Å². The van der Waals surface area contributed by atoms with Gasteiger partial charge in [-0.25, -0.2) is 0 Å². The van der Waals surface area contributed by atoms with E-state index in [4.69, 9.17) is 4.42 Å². The lowest BCUT2D eigenvalue weighted by molar-refractivity contribution is 0.621. The molecule has 12 aromatic rings. The lowest BCUT2D eigenvalue weighted by Crippen LogP contribution is -2.07. The van der Waals surface area contributed by atoms with E-state index in [0.717, 1.165) is 36.8 Å². The second-order valence-corrected chi connectivity index (χ2v) is 19.2. The Morgan fingerprint density at radius 2 is 1.29 bits per heavy atom. The summed E-state index contributed by atoms with van der Waals surface area (Å²) < 4.78 is 13.4. The van der Waals surface area contributed by atoms with E-state index < -0.39 is 0 Å². The third kappa shape index (κ3) is 5.74. The number of hydrogen-bond acceptors (Lipinski definition) is 3. The second-order valence-electron chi connectivity index (χ2n) is 17.0. The SMILES string of the molecule is C1=Cc2c(sc3ccccc23)C(c2c3c(cc4c2c2ccccc2n4-c2cccc(C(CCc4ccccc4)Cc4ccc5sc6ccccc6c5c4)c2)oc2ccccc23)C1. The van der Waals surface area contributed by atoms with Gasteiger partial charge in [0.15, 0.2) is 0 Å². The number of rotatable bonds is 8. The molecular formula is C58H41NOS2. The zero-order valence-electron chi connectivity index (χ0n) is 34.1. The van der Waals surface area contributed by atoms with Crippen molar-refractivity contribution >= 4 is 103 Å². The highest BCUT2D eigenvalue weighted by atomic mass is 32.1. The Bertz CT molecular complexity index is 3730. The van der Waals surface area contributed by atoms with E-state index >= 15 is 0 Å². The lowest BCUT2D eigenvalue weighted by atomic mass is 9.83. The van der Waals surface area contributed by atoms with E-state index in [1.54, 1.807) is 0 Å². The van der Waals surface area contributed by atoms with Crippen LogP contribution in [0.3, 0.4) is 0 Å². The molecule has 0 amide bonds. The van der Waals surface area contributed by atoms with Crippen LogP contribution < -0.4 is 0 Å². The van der Waals surface area contributed by atoms with Gasteiger partial charge in [0.1, 0.15) is 11.2 Å². The maximum atomic E-state index is 6.85. The number of thiophene rings is 2. The second kappa shape index (κ2) is 14.4. The molecule has 0 radical (unpaired) electrons. The van der Waals surface area contributed by atoms with Gasteiger partial charge in [-0.05, 0) is 113 Å². The minimum absolute atomic E-state index is 0.185. The van der Waals surface area contributed by atoms with E-state index in [0.29, 0.717) is 5.92 Å². The van der Waals surface area contributed by atoms with E-state index in [9.17, 15) is 0 Å². The molecule has 0 saturated carbocycles. The van der Waals surface area contributed by atoms with Crippen LogP contribution in [-0.4, -0.2) is 4.57 Å². The summed E-state index contributed by atoms with van der Waals surface area (Å²) in [7, 11) is 0. The molecule has 0 spiro atoms. The van der Waals surface area contributed by atoms with Crippen molar-refractivity contribution in [3.05, 3.63) is 215 Å². The van der Waals surface area contributed by atoms with Crippen LogP contribution in [0.5, 0.6) is 0 Å². The maximum Gasteiger partial charge on any atom is 0.137 e. The molecule has 4 aromatic heterocycles. The Balaban J connectivity index is 1.01. The zero-order chi connectivity index (χ0) is 40.7. The van der Waals surface area contributed by atoms with Crippen molar-refractivity contribution in [2.75, 3.05) is 0 Å². The molecule has 2 nitrogen and oxygen atoms in total. The quantitative estimate of drug-likeness (QED) is 0.149. The predicted molar refractivity (Wildman–Crippen MR) is 266 cm³/mol. The van der Waals surface area contributed by atoms with Gasteiger partial charge in [0.2, 0.25) is 0 Å². The number of nitrogens with zero attached hydrogens (tertiary/aromatic N) is 1. The summed E-state index contributed by atoms with van der Waals surface area (Å²) in [5.41, 5.74) is 12.4. The number of fused-ring (bicyclic) bond motifs is 12. The monoisotopic (exact) mass is 831 g/mol. The topological polar surface area (TPSA) is 18.1 Å². The van der Waals surface area contributed by atoms with Crippen molar-refractivity contribution < 1.29 is 4.42 Å². The number of aryl methyl sites for hydroxylation is 1. The molecule has 0 fully saturated rings. The first-order valence-corrected chi connectivity index (χ1v) is 23.5. The van der Waals surface area contributed by atoms with Gasteiger partial charge < -0.3 is 8.98 Å². The van der Waals surface area contributed by atoms with Crippen LogP contribution in [0.2, 0.25) is 0 Å². The molecule has 4 heteroatoms. The summed E-state index contributed by atoms with van der Waals surface area (Å²) >= 11 is 3.85. The fourth-order valence-electron chi connectivity index (χ4n) is 10.7. The maximum absolute atomic E-state index is 6.85. The standard InChI is InChI=1S/C58H41NOS2/c1-2-14-36(15-3-1)28-30-39(32-37-29-31-54-47(33-37)42-19-7-10-26-52(42)61-54)38-16-12-17-40(34-38)59-48-24-8-4-20-44(48)55-49(59)35-51-56(45-21-5-9-25-50(45)60-51)57(55)46-23-13-22-43-41-18-6-11-27-53(41)62-58(43)46/h1-22,24-27,29,31,33-35,39,46H,23,28,30,32H2. The predicted octanol–water partition coefficient (Wildman–Crippen LogP) is 16.8. The normalized spacial score (nSPS) is 14.6. The van der Waals surface area contributed by atoms with Crippen molar-refractivity contribution in [2.24, 2.45) is 0 Å². The molecule has 62 heavy (non-hydrogen) atoms. The fourth-order valence-corrected chi connectivity index (χ4v) is 13.1. The highest BCUT2D eigenvalue weighted by molar-refractivity contribution is 7.25. The third-order valence-electron chi connectivity index (χ3n) is 13.5. The molecule has 0 bridgehead atoms. The first-order chi connectivity index (χ1) is 30.7. The lowest BCUT2D eigenvalue weighted by Gasteiger charge is -2.22. The Kier molecular flexibility index (Phi) is 8.38. The minimum atomic E-state index is 0.185. The minimum Gasteiger partial charge on any atom is -0.456 e. The smallest absolute Gasteiger partial charge is 0.137 e. The molecule has 0 N–H and O–H groups in total. The highest BCUT2D eigenvalue weighted by Gasteiger charge is 2.31. The summed E-state index contributed by atoms with van der Waals surface area (Å²) in [6, 6.07) is 65.4. The van der Waals surface area contributed by atoms with E-state index in [-0.39, 0.29) is 5.92 Å². The van der Waals surface area contributed by atoms with Gasteiger partial charge in [-0.3, -0.25) is 0 Å². The number of hydrogen-bond donors (Lipinski definition) is 0. The first kappa shape index (κ1) is 36.0. The molecule has 1 aliphatic rings. The van der Waals surface area contributed by atoms with Gasteiger partial charge in [-0.2, -0.15) is 0 Å². The number of para-hydroxylation sites is 2. The van der Waals surface area contributed by atoms with Crippen LogP contribution in [0.15, 0.2) is 186 Å². The molecule has 13 rings (SSSR count). The zero-order valence-corrected chi connectivity index (χ0v) is 35.7. The van der Waals surface area contributed by atoms with Gasteiger partial charge in [0, 0.05) is 69.0 Å². The third-order valence-corrected chi connectivity index (χ3v) is 15.9. The largest absolute Gasteiger partial charge is 0.456 e. The summed E-state index contributed by atoms with van der Waals surface area (Å²) in [5, 5.41) is 9.10. The fraction of sp³-hybridized carbons (Fsp3) is 0.103. The Hall–Kier alpha value is -6.72. The van der Waals surface area contributed by atoms with Crippen molar-refractivity contribution in [3.8, 4) is 5.69 Å². The molecular weight excluding hydrogens is 791 g/mol. The highest BCUT2D eigenvalue weighted by Crippen LogP contribution is 2.51. The van der Waals surface area contributed by atoms with E-state index in [2.05, 4.69) is 193 Å². The summed E-state index contributed by atoms with van der Waals surface area (Å²) in [5.74, 6) is 0.508. The van der Waals surface area contributed by atoms with Crippen LogP contribution in [0.1, 0.15) is 57.4 Å². The Labute approximate surface area is 367 Å². The van der Waals surface area contributed by atoms with Crippen molar-refractivity contribution in [3.63, 3.8) is 0 Å². The van der Waals surface area contributed by atoms with Gasteiger partial charge >= 0.3 is 0 Å². The average Bonchev–Trinajstić information content (AvgIpc) is 4.09. The molecule has 1 aliphatic carbocycles. The average molecular weight is 832 g/mol. The molecule has 8 aromatic carbocycles. The molecule has 0 saturated heterocycles. The van der Waals surface area contributed by atoms with Crippen LogP contribution in [-0.2, 0) is 12.8 Å². The Morgan fingerprint density at radius 1 is 0.548 bits per heavy atom. The number of furan rings is 1. The van der Waals surface area contributed by atoms with Gasteiger partial charge in [-0.15, -0.1) is 22.7 Å². The first-order valence-electron chi connectivity index (χ1n) is 21.8. The number of aromatic nitrogens is 1. The molecule has 296 valence electrons. The summed E-state index contributed by atoms with van der Waals surface area (Å²) in [4.78, 5) is 1.45. The van der Waals surface area contributed by atoms with E-state index in [1.165, 1.54) is 101 Å². The Morgan fingerprint density at radius 3 is 2.18 bits per heavy atom. The van der Waals surface area contributed by atoms with Gasteiger partial charge in [0.25, 0.3) is 0 Å². The molecule has 2 atom stereocenters. The van der Waals surface area contributed by atoms with E-state index in [1.807, 2.05) is 22.7 Å². The molecule has 0 aliphatic heterocycles. The summed E-state index contributed by atoms with van der Waals surface area (Å²) in [6.45, 7) is 0. The molecule has 2 unspecified atom stereocenters. The van der Waals surface area contributed by atoms with Crippen LogP contribution in [0.4, 0.5) is 0 Å². The number of benzene rings is 8. The number of allylic oxidation sites excluding steroid dienone is 1. The summed E-state index contributed by atoms with van der Waals surface area (Å²) in [6.07, 6.45) is 8.75. The van der Waals surface area contributed by atoms with Crippen molar-refractivity contribution in [2.45, 2.75) is 37.5 Å². The van der Waals surface area contributed by atoms with Gasteiger partial charge in [0.05, 0.1) is 11.0 Å². The van der Waals surface area contributed by atoms with Crippen molar-refractivity contribution in [1.29, 1.82) is 0 Å².